The maximum Gasteiger partial charge on any atom is 0.134 e. The van der Waals surface area contributed by atoms with Gasteiger partial charge in [-0.15, -0.1) is 0 Å². The van der Waals surface area contributed by atoms with Gasteiger partial charge in [0.2, 0.25) is 0 Å². The molecule has 0 saturated carbocycles. The van der Waals surface area contributed by atoms with Crippen molar-refractivity contribution < 1.29 is 9.47 Å². The highest BCUT2D eigenvalue weighted by Gasteiger charge is 2.03. The first-order chi connectivity index (χ1) is 9.22. The van der Waals surface area contributed by atoms with E-state index >= 15 is 0 Å². The molecule has 0 radical (unpaired) electrons. The van der Waals surface area contributed by atoms with Crippen LogP contribution in [0.15, 0.2) is 46.9 Å². The van der Waals surface area contributed by atoms with Gasteiger partial charge in [-0.05, 0) is 51.8 Å². The Morgan fingerprint density at radius 1 is 1.16 bits per heavy atom. The Kier molecular flexibility index (Phi) is 4.43. The number of rotatable bonds is 4. The van der Waals surface area contributed by atoms with Crippen molar-refractivity contribution in [1.29, 1.82) is 5.26 Å². The predicted octanol–water partition coefficient (Wildman–Crippen LogP) is 3.91. The van der Waals surface area contributed by atoms with Crippen molar-refractivity contribution in [1.82, 2.24) is 0 Å². The van der Waals surface area contributed by atoms with Gasteiger partial charge in [0, 0.05) is 0 Å². The monoisotopic (exact) mass is 317 g/mol. The van der Waals surface area contributed by atoms with E-state index in [9.17, 15) is 0 Å². The molecule has 96 valence electrons. The highest BCUT2D eigenvalue weighted by Crippen LogP contribution is 2.29. The Morgan fingerprint density at radius 2 is 1.89 bits per heavy atom. The highest BCUT2D eigenvalue weighted by atomic mass is 79.9. The average Bonchev–Trinajstić information content (AvgIpc) is 2.46. The second-order valence-corrected chi connectivity index (χ2v) is 4.75. The smallest absolute Gasteiger partial charge is 0.134 e. The van der Waals surface area contributed by atoms with E-state index in [1.807, 2.05) is 30.3 Å². The summed E-state index contributed by atoms with van der Waals surface area (Å²) in [6.07, 6.45) is 0. The van der Waals surface area contributed by atoms with Crippen molar-refractivity contribution in [2.75, 3.05) is 7.11 Å². The van der Waals surface area contributed by atoms with E-state index in [0.29, 0.717) is 12.2 Å². The molecule has 4 heteroatoms. The van der Waals surface area contributed by atoms with Gasteiger partial charge in [0.25, 0.3) is 0 Å². The average molecular weight is 318 g/mol. The van der Waals surface area contributed by atoms with Crippen LogP contribution in [0.25, 0.3) is 0 Å². The minimum absolute atomic E-state index is 0.455. The van der Waals surface area contributed by atoms with Crippen LogP contribution in [-0.2, 0) is 6.61 Å². The topological polar surface area (TPSA) is 42.2 Å². The second kappa shape index (κ2) is 6.26. The molecule has 0 heterocycles. The van der Waals surface area contributed by atoms with Crippen molar-refractivity contribution in [3.63, 3.8) is 0 Å². The molecular weight excluding hydrogens is 306 g/mol. The van der Waals surface area contributed by atoms with Crippen molar-refractivity contribution in [3.8, 4) is 17.6 Å². The van der Waals surface area contributed by atoms with E-state index in [2.05, 4.69) is 22.0 Å². The van der Waals surface area contributed by atoms with E-state index < -0.39 is 0 Å². The van der Waals surface area contributed by atoms with Gasteiger partial charge in [-0.2, -0.15) is 5.26 Å². The van der Waals surface area contributed by atoms with E-state index in [-0.39, 0.29) is 0 Å². The standard InChI is InChI=1S/C15H12BrNO2/c1-18-13-6-7-15(14(16)8-13)19-10-12-4-2-11(9-17)3-5-12/h2-8H,10H2,1H3. The van der Waals surface area contributed by atoms with Crippen LogP contribution in [0.5, 0.6) is 11.5 Å². The Balaban J connectivity index is 2.04. The number of hydrogen-bond acceptors (Lipinski definition) is 3. The molecule has 0 fully saturated rings. The Hall–Kier alpha value is -1.99. The number of ether oxygens (including phenoxy) is 2. The van der Waals surface area contributed by atoms with Crippen LogP contribution >= 0.6 is 15.9 Å². The number of methoxy groups -OCH3 is 1. The molecule has 3 nitrogen and oxygen atoms in total. The molecule has 0 unspecified atom stereocenters. The molecule has 0 amide bonds. The maximum atomic E-state index is 8.72. The molecule has 2 rings (SSSR count). The highest BCUT2D eigenvalue weighted by molar-refractivity contribution is 9.10. The van der Waals surface area contributed by atoms with E-state index in [1.165, 1.54) is 0 Å². The SMILES string of the molecule is COc1ccc(OCc2ccc(C#N)cc2)c(Br)c1. The molecule has 19 heavy (non-hydrogen) atoms. The van der Waals surface area contributed by atoms with Gasteiger partial charge >= 0.3 is 0 Å². The van der Waals surface area contributed by atoms with Crippen LogP contribution < -0.4 is 9.47 Å². The first-order valence-corrected chi connectivity index (χ1v) is 6.47. The minimum Gasteiger partial charge on any atom is -0.497 e. The predicted molar refractivity (Wildman–Crippen MR) is 76.2 cm³/mol. The third kappa shape index (κ3) is 3.49. The van der Waals surface area contributed by atoms with Gasteiger partial charge in [0.05, 0.1) is 23.2 Å². The van der Waals surface area contributed by atoms with E-state index in [1.54, 1.807) is 19.2 Å². The molecule has 2 aromatic carbocycles. The largest absolute Gasteiger partial charge is 0.497 e. The summed E-state index contributed by atoms with van der Waals surface area (Å²) in [5.74, 6) is 1.53. The van der Waals surface area contributed by atoms with Gasteiger partial charge in [0.1, 0.15) is 18.1 Å². The molecular formula is C15H12BrNO2. The fraction of sp³-hybridized carbons (Fsp3) is 0.133. The van der Waals surface area contributed by atoms with E-state index in [0.717, 1.165) is 21.5 Å². The number of hydrogen-bond donors (Lipinski definition) is 0. The lowest BCUT2D eigenvalue weighted by Crippen LogP contribution is -1.96. The number of nitriles is 1. The first-order valence-electron chi connectivity index (χ1n) is 5.68. The Morgan fingerprint density at radius 3 is 2.47 bits per heavy atom. The van der Waals surface area contributed by atoms with Crippen molar-refractivity contribution in [2.45, 2.75) is 6.61 Å². The first kappa shape index (κ1) is 13.4. The molecule has 0 aliphatic rings. The van der Waals surface area contributed by atoms with Gasteiger partial charge < -0.3 is 9.47 Å². The number of benzene rings is 2. The summed E-state index contributed by atoms with van der Waals surface area (Å²) >= 11 is 3.44. The summed E-state index contributed by atoms with van der Waals surface area (Å²) in [6.45, 7) is 0.455. The fourth-order valence-electron chi connectivity index (χ4n) is 1.56. The van der Waals surface area contributed by atoms with Crippen LogP contribution in [0.3, 0.4) is 0 Å². The molecule has 0 aromatic heterocycles. The van der Waals surface area contributed by atoms with Gasteiger partial charge in [-0.1, -0.05) is 12.1 Å². The maximum absolute atomic E-state index is 8.72. The zero-order valence-corrected chi connectivity index (χ0v) is 12.0. The van der Waals surface area contributed by atoms with Crippen LogP contribution in [0.2, 0.25) is 0 Å². The summed E-state index contributed by atoms with van der Waals surface area (Å²) < 4.78 is 11.7. The lowest BCUT2D eigenvalue weighted by Gasteiger charge is -2.09. The van der Waals surface area contributed by atoms with Gasteiger partial charge in [-0.25, -0.2) is 0 Å². The van der Waals surface area contributed by atoms with Crippen LogP contribution in [-0.4, -0.2) is 7.11 Å². The van der Waals surface area contributed by atoms with Crippen molar-refractivity contribution >= 4 is 15.9 Å². The van der Waals surface area contributed by atoms with Crippen LogP contribution in [0.1, 0.15) is 11.1 Å². The number of nitrogens with zero attached hydrogens (tertiary/aromatic N) is 1. The van der Waals surface area contributed by atoms with E-state index in [4.69, 9.17) is 14.7 Å². The van der Waals surface area contributed by atoms with Crippen molar-refractivity contribution in [2.24, 2.45) is 0 Å². The summed E-state index contributed by atoms with van der Waals surface area (Å²) in [5.41, 5.74) is 1.66. The van der Waals surface area contributed by atoms with Gasteiger partial charge in [-0.3, -0.25) is 0 Å². The Labute approximate surface area is 120 Å². The Bertz CT molecular complexity index is 603. The third-order valence-corrected chi connectivity index (χ3v) is 3.24. The van der Waals surface area contributed by atoms with Gasteiger partial charge in [0.15, 0.2) is 0 Å². The van der Waals surface area contributed by atoms with Crippen LogP contribution in [0.4, 0.5) is 0 Å². The molecule has 2 aromatic rings. The van der Waals surface area contributed by atoms with Crippen LogP contribution in [0, 0.1) is 11.3 Å². The summed E-state index contributed by atoms with van der Waals surface area (Å²) in [4.78, 5) is 0. The molecule has 0 aliphatic carbocycles. The zero-order chi connectivity index (χ0) is 13.7. The quantitative estimate of drug-likeness (QED) is 0.858. The lowest BCUT2D eigenvalue weighted by atomic mass is 10.2. The fourth-order valence-corrected chi connectivity index (χ4v) is 2.03. The summed E-state index contributed by atoms with van der Waals surface area (Å²) in [6, 6.07) is 15.0. The second-order valence-electron chi connectivity index (χ2n) is 3.89. The molecule has 0 saturated heterocycles. The zero-order valence-electron chi connectivity index (χ0n) is 10.4. The molecule has 0 N–H and O–H groups in total. The molecule has 0 bridgehead atoms. The number of halogens is 1. The summed E-state index contributed by atoms with van der Waals surface area (Å²) in [5, 5.41) is 8.72. The normalized spacial score (nSPS) is 9.74. The molecule has 0 spiro atoms. The summed E-state index contributed by atoms with van der Waals surface area (Å²) in [7, 11) is 1.62. The lowest BCUT2D eigenvalue weighted by molar-refractivity contribution is 0.303. The van der Waals surface area contributed by atoms with Crippen molar-refractivity contribution in [3.05, 3.63) is 58.1 Å². The molecule has 0 atom stereocenters. The minimum atomic E-state index is 0.455. The third-order valence-electron chi connectivity index (χ3n) is 2.62. The molecule has 0 aliphatic heterocycles.